The van der Waals surface area contributed by atoms with Gasteiger partial charge >= 0.3 is 0 Å². The minimum Gasteiger partial charge on any atom is -0.485 e. The Bertz CT molecular complexity index is 697. The number of ether oxygens (including phenoxy) is 2. The lowest BCUT2D eigenvalue weighted by Gasteiger charge is -2.31. The minimum absolute atomic E-state index is 0.0193. The van der Waals surface area contributed by atoms with Gasteiger partial charge in [0.05, 0.1) is 0 Å². The molecule has 1 heterocycles. The van der Waals surface area contributed by atoms with Crippen LogP contribution in [-0.2, 0) is 11.3 Å². The molecular formula is C19H19NO3. The van der Waals surface area contributed by atoms with Crippen LogP contribution in [0, 0.1) is 0 Å². The van der Waals surface area contributed by atoms with Crippen LogP contribution in [0.25, 0.3) is 0 Å². The lowest BCUT2D eigenvalue weighted by molar-refractivity contribution is -0.142. The van der Waals surface area contributed by atoms with E-state index in [1.54, 1.807) is 0 Å². The van der Waals surface area contributed by atoms with Crippen LogP contribution < -0.4 is 9.47 Å². The molecule has 2 aliphatic rings. The van der Waals surface area contributed by atoms with Gasteiger partial charge in [-0.05, 0) is 30.5 Å². The number of amides is 1. The van der Waals surface area contributed by atoms with E-state index in [2.05, 4.69) is 12.1 Å². The maximum atomic E-state index is 12.9. The average molecular weight is 309 g/mol. The average Bonchev–Trinajstić information content (AvgIpc) is 3.44. The summed E-state index contributed by atoms with van der Waals surface area (Å²) in [5.74, 6) is 1.37. The van der Waals surface area contributed by atoms with Gasteiger partial charge in [0.1, 0.15) is 6.61 Å². The Balaban J connectivity index is 1.50. The quantitative estimate of drug-likeness (QED) is 0.871. The molecule has 1 aliphatic carbocycles. The van der Waals surface area contributed by atoms with E-state index in [4.69, 9.17) is 9.47 Å². The number of fused-ring (bicyclic) bond motifs is 1. The number of carbonyl (C=O) groups is 1. The summed E-state index contributed by atoms with van der Waals surface area (Å²) in [6.07, 6.45) is 1.58. The molecule has 2 aromatic rings. The van der Waals surface area contributed by atoms with Crippen molar-refractivity contribution in [2.75, 3.05) is 6.61 Å². The minimum atomic E-state index is -0.561. The molecule has 1 fully saturated rings. The van der Waals surface area contributed by atoms with Crippen molar-refractivity contribution in [1.29, 1.82) is 0 Å². The standard InChI is InChI=1S/C19H19NO3/c21-19(18-13-22-16-8-4-5-9-17(16)23-18)20(15-10-11-15)12-14-6-2-1-3-7-14/h1-9,15,18H,10-13H2. The van der Waals surface area contributed by atoms with Gasteiger partial charge in [-0.3, -0.25) is 4.79 Å². The van der Waals surface area contributed by atoms with E-state index in [0.29, 0.717) is 24.1 Å². The number of carbonyl (C=O) groups excluding carboxylic acids is 1. The summed E-state index contributed by atoms with van der Waals surface area (Å²) in [4.78, 5) is 14.9. The first-order valence-corrected chi connectivity index (χ1v) is 8.04. The van der Waals surface area contributed by atoms with Crippen molar-refractivity contribution in [1.82, 2.24) is 4.90 Å². The van der Waals surface area contributed by atoms with Crippen molar-refractivity contribution < 1.29 is 14.3 Å². The van der Waals surface area contributed by atoms with Gasteiger partial charge in [-0.15, -0.1) is 0 Å². The smallest absolute Gasteiger partial charge is 0.267 e. The number of benzene rings is 2. The van der Waals surface area contributed by atoms with Crippen LogP contribution in [-0.4, -0.2) is 29.6 Å². The first kappa shape index (κ1) is 14.1. The number of hydrogen-bond donors (Lipinski definition) is 0. The van der Waals surface area contributed by atoms with E-state index in [9.17, 15) is 4.79 Å². The molecule has 0 radical (unpaired) electrons. The lowest BCUT2D eigenvalue weighted by Crippen LogP contribution is -2.47. The third kappa shape index (κ3) is 3.02. The second-order valence-corrected chi connectivity index (χ2v) is 6.05. The van der Waals surface area contributed by atoms with E-state index in [0.717, 1.165) is 18.4 Å². The first-order valence-electron chi connectivity index (χ1n) is 8.04. The van der Waals surface area contributed by atoms with Gasteiger partial charge in [0.2, 0.25) is 6.10 Å². The molecule has 1 amide bonds. The molecule has 1 aliphatic heterocycles. The largest absolute Gasteiger partial charge is 0.485 e. The SMILES string of the molecule is O=C(C1COc2ccccc2O1)N(Cc1ccccc1)C1CC1. The van der Waals surface area contributed by atoms with Crippen molar-refractivity contribution in [2.45, 2.75) is 31.5 Å². The monoisotopic (exact) mass is 309 g/mol. The highest BCUT2D eigenvalue weighted by Gasteiger charge is 2.38. The Hall–Kier alpha value is -2.49. The lowest BCUT2D eigenvalue weighted by atomic mass is 10.2. The van der Waals surface area contributed by atoms with Crippen LogP contribution in [0.2, 0.25) is 0 Å². The molecule has 0 aromatic heterocycles. The Morgan fingerprint density at radius 1 is 1.00 bits per heavy atom. The van der Waals surface area contributed by atoms with Crippen LogP contribution in [0.15, 0.2) is 54.6 Å². The summed E-state index contributed by atoms with van der Waals surface area (Å²) in [5.41, 5.74) is 1.14. The second-order valence-electron chi connectivity index (χ2n) is 6.05. The van der Waals surface area contributed by atoms with Crippen LogP contribution >= 0.6 is 0 Å². The number of hydrogen-bond acceptors (Lipinski definition) is 3. The molecular weight excluding hydrogens is 290 g/mol. The molecule has 0 bridgehead atoms. The van der Waals surface area contributed by atoms with Gasteiger partial charge in [-0.25, -0.2) is 0 Å². The predicted molar refractivity (Wildman–Crippen MR) is 86.4 cm³/mol. The van der Waals surface area contributed by atoms with Crippen molar-refractivity contribution >= 4 is 5.91 Å². The fourth-order valence-electron chi connectivity index (χ4n) is 2.88. The molecule has 4 heteroatoms. The Morgan fingerprint density at radius 3 is 2.43 bits per heavy atom. The Kier molecular flexibility index (Phi) is 3.66. The van der Waals surface area contributed by atoms with E-state index in [1.807, 2.05) is 47.4 Å². The Morgan fingerprint density at radius 2 is 1.70 bits per heavy atom. The summed E-state index contributed by atoms with van der Waals surface area (Å²) >= 11 is 0. The topological polar surface area (TPSA) is 38.8 Å². The van der Waals surface area contributed by atoms with E-state index in [-0.39, 0.29) is 12.5 Å². The Labute approximate surface area is 135 Å². The summed E-state index contributed by atoms with van der Waals surface area (Å²) < 4.78 is 11.6. The zero-order valence-electron chi connectivity index (χ0n) is 12.9. The zero-order chi connectivity index (χ0) is 15.6. The van der Waals surface area contributed by atoms with E-state index in [1.165, 1.54) is 0 Å². The van der Waals surface area contributed by atoms with Gasteiger partial charge in [0, 0.05) is 12.6 Å². The molecule has 4 nitrogen and oxygen atoms in total. The molecule has 0 N–H and O–H groups in total. The second kappa shape index (κ2) is 5.95. The molecule has 0 spiro atoms. The van der Waals surface area contributed by atoms with Crippen molar-refractivity contribution in [3.05, 3.63) is 60.2 Å². The van der Waals surface area contributed by atoms with Crippen molar-refractivity contribution in [2.24, 2.45) is 0 Å². The predicted octanol–water partition coefficient (Wildman–Crippen LogP) is 3.02. The number of rotatable bonds is 4. The molecule has 4 rings (SSSR count). The molecule has 2 aromatic carbocycles. The van der Waals surface area contributed by atoms with Gasteiger partial charge in [0.15, 0.2) is 11.5 Å². The van der Waals surface area contributed by atoms with Crippen LogP contribution in [0.4, 0.5) is 0 Å². The highest BCUT2D eigenvalue weighted by atomic mass is 16.6. The van der Waals surface area contributed by atoms with Crippen LogP contribution in [0.5, 0.6) is 11.5 Å². The van der Waals surface area contributed by atoms with Crippen LogP contribution in [0.1, 0.15) is 18.4 Å². The summed E-state index contributed by atoms with van der Waals surface area (Å²) in [5, 5.41) is 0. The van der Waals surface area contributed by atoms with E-state index >= 15 is 0 Å². The van der Waals surface area contributed by atoms with Gasteiger partial charge in [0.25, 0.3) is 5.91 Å². The fraction of sp³-hybridized carbons (Fsp3) is 0.316. The van der Waals surface area contributed by atoms with Crippen LogP contribution in [0.3, 0.4) is 0 Å². The third-order valence-corrected chi connectivity index (χ3v) is 4.25. The molecule has 118 valence electrons. The maximum Gasteiger partial charge on any atom is 0.267 e. The first-order chi connectivity index (χ1) is 11.3. The summed E-state index contributed by atoms with van der Waals surface area (Å²) in [7, 11) is 0. The van der Waals surface area contributed by atoms with Gasteiger partial charge in [-0.2, -0.15) is 0 Å². The zero-order valence-corrected chi connectivity index (χ0v) is 12.9. The molecule has 23 heavy (non-hydrogen) atoms. The fourth-order valence-corrected chi connectivity index (χ4v) is 2.88. The maximum absolute atomic E-state index is 12.9. The highest BCUT2D eigenvalue weighted by molar-refractivity contribution is 5.82. The molecule has 1 atom stereocenters. The van der Waals surface area contributed by atoms with Gasteiger partial charge < -0.3 is 14.4 Å². The van der Waals surface area contributed by atoms with Crippen molar-refractivity contribution in [3.63, 3.8) is 0 Å². The third-order valence-electron chi connectivity index (χ3n) is 4.25. The summed E-state index contributed by atoms with van der Waals surface area (Å²) in [6, 6.07) is 17.9. The number of para-hydroxylation sites is 2. The summed E-state index contributed by atoms with van der Waals surface area (Å²) in [6.45, 7) is 0.902. The molecule has 0 saturated heterocycles. The molecule has 1 saturated carbocycles. The number of nitrogens with zero attached hydrogens (tertiary/aromatic N) is 1. The molecule has 1 unspecified atom stereocenters. The normalized spacial score (nSPS) is 19.2. The van der Waals surface area contributed by atoms with E-state index < -0.39 is 6.10 Å². The van der Waals surface area contributed by atoms with Crippen molar-refractivity contribution in [3.8, 4) is 11.5 Å². The highest BCUT2D eigenvalue weighted by Crippen LogP contribution is 2.33. The van der Waals surface area contributed by atoms with Gasteiger partial charge in [-0.1, -0.05) is 42.5 Å².